The van der Waals surface area contributed by atoms with Gasteiger partial charge in [0.15, 0.2) is 0 Å². The minimum atomic E-state index is -0.262. The third kappa shape index (κ3) is 4.44. The zero-order chi connectivity index (χ0) is 12.8. The van der Waals surface area contributed by atoms with E-state index in [1.807, 2.05) is 18.0 Å². The normalized spacial score (nSPS) is 10.6. The van der Waals surface area contributed by atoms with Gasteiger partial charge in [0.05, 0.1) is 4.47 Å². The molecule has 0 heterocycles. The molecule has 0 aliphatic rings. The van der Waals surface area contributed by atoms with Gasteiger partial charge in [0.1, 0.15) is 5.82 Å². The molecule has 3 nitrogen and oxygen atoms in total. The monoisotopic (exact) mass is 302 g/mol. The van der Waals surface area contributed by atoms with Crippen LogP contribution < -0.4 is 5.32 Å². The Kier molecular flexibility index (Phi) is 5.58. The van der Waals surface area contributed by atoms with Crippen molar-refractivity contribution in [3.05, 3.63) is 34.1 Å². The number of nitrogens with zero attached hydrogens (tertiary/aromatic N) is 1. The van der Waals surface area contributed by atoms with Crippen molar-refractivity contribution in [2.45, 2.75) is 13.0 Å². The molecule has 0 atom stereocenters. The first kappa shape index (κ1) is 14.1. The van der Waals surface area contributed by atoms with Gasteiger partial charge in [-0.3, -0.25) is 4.79 Å². The molecular formula is C12H16BrFN2O. The summed E-state index contributed by atoms with van der Waals surface area (Å²) in [6.07, 6.45) is 0.444. The van der Waals surface area contributed by atoms with Crippen molar-refractivity contribution in [1.82, 2.24) is 10.2 Å². The van der Waals surface area contributed by atoms with Crippen LogP contribution in [0.3, 0.4) is 0 Å². The van der Waals surface area contributed by atoms with Crippen LogP contribution in [0.5, 0.6) is 0 Å². The van der Waals surface area contributed by atoms with Gasteiger partial charge in [-0.15, -0.1) is 0 Å². The molecule has 0 saturated carbocycles. The van der Waals surface area contributed by atoms with Crippen LogP contribution >= 0.6 is 15.9 Å². The molecule has 0 aromatic heterocycles. The summed E-state index contributed by atoms with van der Waals surface area (Å²) in [5.74, 6) is -0.252. The summed E-state index contributed by atoms with van der Waals surface area (Å²) in [6, 6.07) is 4.96. The highest BCUT2D eigenvalue weighted by Gasteiger charge is 2.08. The maximum atomic E-state index is 13.3. The van der Waals surface area contributed by atoms with Crippen LogP contribution in [-0.4, -0.2) is 31.4 Å². The summed E-state index contributed by atoms with van der Waals surface area (Å²) >= 11 is 3.22. The lowest BCUT2D eigenvalue weighted by molar-refractivity contribution is -0.120. The van der Waals surface area contributed by atoms with Crippen molar-refractivity contribution >= 4 is 21.8 Å². The molecule has 1 aromatic carbocycles. The van der Waals surface area contributed by atoms with Crippen molar-refractivity contribution in [3.63, 3.8) is 0 Å². The minimum Gasteiger partial charge on any atom is -0.359 e. The average Bonchev–Trinajstić information content (AvgIpc) is 2.32. The molecule has 94 valence electrons. The third-order valence-electron chi connectivity index (χ3n) is 2.47. The second kappa shape index (κ2) is 6.71. The molecule has 0 aliphatic heterocycles. The van der Waals surface area contributed by atoms with Gasteiger partial charge < -0.3 is 10.2 Å². The van der Waals surface area contributed by atoms with E-state index in [9.17, 15) is 9.18 Å². The second-order valence-corrected chi connectivity index (χ2v) is 4.67. The zero-order valence-corrected chi connectivity index (χ0v) is 11.6. The van der Waals surface area contributed by atoms with Crippen LogP contribution in [-0.2, 0) is 11.3 Å². The van der Waals surface area contributed by atoms with Crippen LogP contribution in [0.15, 0.2) is 22.7 Å². The highest BCUT2D eigenvalue weighted by molar-refractivity contribution is 9.10. The molecule has 0 fully saturated rings. The van der Waals surface area contributed by atoms with Gasteiger partial charge in [0.2, 0.25) is 5.91 Å². The molecule has 0 spiro atoms. The Balaban J connectivity index is 2.53. The highest BCUT2D eigenvalue weighted by Crippen LogP contribution is 2.21. The first-order chi connectivity index (χ1) is 8.04. The number of rotatable bonds is 5. The van der Waals surface area contributed by atoms with Gasteiger partial charge in [-0.1, -0.05) is 12.1 Å². The number of hydrogen-bond acceptors (Lipinski definition) is 2. The van der Waals surface area contributed by atoms with Crippen molar-refractivity contribution in [2.75, 3.05) is 20.6 Å². The Morgan fingerprint density at radius 1 is 1.53 bits per heavy atom. The van der Waals surface area contributed by atoms with Gasteiger partial charge in [-0.25, -0.2) is 4.39 Å². The predicted octanol–water partition coefficient (Wildman–Crippen LogP) is 2.16. The Bertz CT molecular complexity index is 398. The molecule has 0 saturated heterocycles. The molecular weight excluding hydrogens is 287 g/mol. The van der Waals surface area contributed by atoms with Crippen LogP contribution in [0.1, 0.15) is 12.0 Å². The van der Waals surface area contributed by atoms with E-state index in [2.05, 4.69) is 21.2 Å². The van der Waals surface area contributed by atoms with Crippen molar-refractivity contribution in [1.29, 1.82) is 0 Å². The molecule has 0 aliphatic carbocycles. The maximum absolute atomic E-state index is 13.3. The lowest BCUT2D eigenvalue weighted by Gasteiger charge is -2.17. The molecule has 0 bridgehead atoms. The molecule has 0 unspecified atom stereocenters. The quantitative estimate of drug-likeness (QED) is 0.904. The minimum absolute atomic E-state index is 0.00941. The first-order valence-electron chi connectivity index (χ1n) is 5.36. The Morgan fingerprint density at radius 3 is 2.88 bits per heavy atom. The average molecular weight is 303 g/mol. The van der Waals surface area contributed by atoms with Crippen LogP contribution in [0.2, 0.25) is 0 Å². The number of halogens is 2. The Morgan fingerprint density at radius 2 is 2.24 bits per heavy atom. The number of carbonyl (C=O) groups is 1. The summed E-state index contributed by atoms with van der Waals surface area (Å²) in [6.45, 7) is 1.25. The number of carbonyl (C=O) groups excluding carboxylic acids is 1. The van der Waals surface area contributed by atoms with E-state index in [0.29, 0.717) is 24.0 Å². The number of nitrogens with one attached hydrogen (secondary N) is 1. The third-order valence-corrected chi connectivity index (χ3v) is 3.36. The molecule has 1 N–H and O–H groups in total. The Labute approximate surface area is 109 Å². The van der Waals surface area contributed by atoms with Crippen LogP contribution in [0, 0.1) is 5.82 Å². The SMILES string of the molecule is CNC(=O)CCN(C)Cc1cccc(F)c1Br. The lowest BCUT2D eigenvalue weighted by Crippen LogP contribution is -2.26. The fraction of sp³-hybridized carbons (Fsp3) is 0.417. The summed E-state index contributed by atoms with van der Waals surface area (Å²) in [7, 11) is 3.52. The first-order valence-corrected chi connectivity index (χ1v) is 6.16. The fourth-order valence-corrected chi connectivity index (χ4v) is 1.85. The van der Waals surface area contributed by atoms with E-state index in [0.717, 1.165) is 5.56 Å². The van der Waals surface area contributed by atoms with Gasteiger partial charge in [0, 0.05) is 26.6 Å². The van der Waals surface area contributed by atoms with E-state index in [-0.39, 0.29) is 11.7 Å². The van der Waals surface area contributed by atoms with Gasteiger partial charge in [-0.05, 0) is 34.6 Å². The highest BCUT2D eigenvalue weighted by atomic mass is 79.9. The second-order valence-electron chi connectivity index (χ2n) is 3.87. The number of benzene rings is 1. The van der Waals surface area contributed by atoms with Gasteiger partial charge >= 0.3 is 0 Å². The zero-order valence-electron chi connectivity index (χ0n) is 9.96. The Hall–Kier alpha value is -0.940. The number of hydrogen-bond donors (Lipinski definition) is 1. The van der Waals surface area contributed by atoms with E-state index in [1.165, 1.54) is 6.07 Å². The molecule has 5 heteroatoms. The molecule has 1 rings (SSSR count). The molecule has 1 aromatic rings. The van der Waals surface area contributed by atoms with E-state index in [1.54, 1.807) is 13.1 Å². The van der Waals surface area contributed by atoms with Crippen LogP contribution in [0.4, 0.5) is 4.39 Å². The van der Waals surface area contributed by atoms with Crippen molar-refractivity contribution in [3.8, 4) is 0 Å². The molecule has 17 heavy (non-hydrogen) atoms. The van der Waals surface area contributed by atoms with Crippen molar-refractivity contribution in [2.24, 2.45) is 0 Å². The smallest absolute Gasteiger partial charge is 0.221 e. The van der Waals surface area contributed by atoms with E-state index in [4.69, 9.17) is 0 Å². The van der Waals surface area contributed by atoms with Crippen molar-refractivity contribution < 1.29 is 9.18 Å². The molecule has 1 amide bonds. The van der Waals surface area contributed by atoms with E-state index < -0.39 is 0 Å². The maximum Gasteiger partial charge on any atom is 0.221 e. The molecule has 0 radical (unpaired) electrons. The van der Waals surface area contributed by atoms with Gasteiger partial charge in [-0.2, -0.15) is 0 Å². The fourth-order valence-electron chi connectivity index (χ4n) is 1.46. The standard InChI is InChI=1S/C12H16BrFN2O/c1-15-11(17)6-7-16(2)8-9-4-3-5-10(14)12(9)13/h3-5H,6-8H2,1-2H3,(H,15,17). The van der Waals surface area contributed by atoms with Crippen LogP contribution in [0.25, 0.3) is 0 Å². The predicted molar refractivity (Wildman–Crippen MR) is 69.1 cm³/mol. The van der Waals surface area contributed by atoms with Gasteiger partial charge in [0.25, 0.3) is 0 Å². The summed E-state index contributed by atoms with van der Waals surface area (Å²) in [4.78, 5) is 13.1. The largest absolute Gasteiger partial charge is 0.359 e. The summed E-state index contributed by atoms with van der Waals surface area (Å²) in [5, 5.41) is 2.57. The van der Waals surface area contributed by atoms with E-state index >= 15 is 0 Å². The summed E-state index contributed by atoms with van der Waals surface area (Å²) < 4.78 is 13.8. The summed E-state index contributed by atoms with van der Waals surface area (Å²) in [5.41, 5.74) is 0.879. The topological polar surface area (TPSA) is 32.3 Å². The lowest BCUT2D eigenvalue weighted by atomic mass is 10.2. The number of amides is 1.